The second-order valence-electron chi connectivity index (χ2n) is 2.47. The van der Waals surface area contributed by atoms with Crippen LogP contribution >= 0.6 is 22.6 Å². The van der Waals surface area contributed by atoms with Crippen LogP contribution in [0.3, 0.4) is 0 Å². The zero-order chi connectivity index (χ0) is 11.5. The van der Waals surface area contributed by atoms with Gasteiger partial charge in [0.2, 0.25) is 0 Å². The summed E-state index contributed by atoms with van der Waals surface area (Å²) in [5, 5.41) is 2.41. The molecule has 0 aromatic heterocycles. The Bertz CT molecular complexity index is 350. The van der Waals surface area contributed by atoms with Crippen molar-refractivity contribution in [2.75, 3.05) is 5.32 Å². The highest BCUT2D eigenvalue weighted by Crippen LogP contribution is 2.23. The molecule has 1 aromatic carbocycles. The van der Waals surface area contributed by atoms with E-state index in [0.29, 0.717) is 5.69 Å². The Labute approximate surface area is 96.7 Å². The summed E-state index contributed by atoms with van der Waals surface area (Å²) in [6, 6.07) is 4.88. The molecule has 0 saturated carbocycles. The van der Waals surface area contributed by atoms with Crippen molar-refractivity contribution < 1.29 is 22.7 Å². The zero-order valence-corrected chi connectivity index (χ0v) is 9.30. The van der Waals surface area contributed by atoms with E-state index in [1.54, 1.807) is 0 Å². The Morgan fingerprint density at radius 2 is 1.80 bits per heavy atom. The van der Waals surface area contributed by atoms with Crippen LogP contribution in [0.15, 0.2) is 24.3 Å². The number of benzene rings is 1. The monoisotopic (exact) mass is 331 g/mol. The van der Waals surface area contributed by atoms with Gasteiger partial charge in [-0.05, 0) is 24.3 Å². The summed E-state index contributed by atoms with van der Waals surface area (Å²) >= 11 is 1.52. The van der Waals surface area contributed by atoms with Crippen LogP contribution in [0.1, 0.15) is 0 Å². The van der Waals surface area contributed by atoms with Gasteiger partial charge in [0.25, 0.3) is 3.91 Å². The van der Waals surface area contributed by atoms with Crippen LogP contribution in [0.5, 0.6) is 5.75 Å². The molecule has 7 heteroatoms. The van der Waals surface area contributed by atoms with Crippen molar-refractivity contribution in [3.05, 3.63) is 24.3 Å². The summed E-state index contributed by atoms with van der Waals surface area (Å²) in [6.45, 7) is 0. The van der Waals surface area contributed by atoms with E-state index in [4.69, 9.17) is 0 Å². The van der Waals surface area contributed by atoms with Gasteiger partial charge in [0.1, 0.15) is 5.75 Å². The van der Waals surface area contributed by atoms with Gasteiger partial charge in [0, 0.05) is 28.3 Å². The molecular formula is C8H5F3INO2. The molecule has 0 radical (unpaired) electrons. The van der Waals surface area contributed by atoms with Crippen LogP contribution in [0.25, 0.3) is 0 Å². The van der Waals surface area contributed by atoms with Gasteiger partial charge in [0.05, 0.1) is 0 Å². The molecule has 1 amide bonds. The minimum absolute atomic E-state index is 0.322. The Morgan fingerprint density at radius 3 is 2.20 bits per heavy atom. The highest BCUT2D eigenvalue weighted by Gasteiger charge is 2.30. The van der Waals surface area contributed by atoms with E-state index in [-0.39, 0.29) is 9.66 Å². The first kappa shape index (κ1) is 12.1. The maximum atomic E-state index is 11.8. The van der Waals surface area contributed by atoms with Crippen LogP contribution in [-0.2, 0) is 0 Å². The number of amides is 1. The topological polar surface area (TPSA) is 38.3 Å². The summed E-state index contributed by atoms with van der Waals surface area (Å²) in [7, 11) is 0. The van der Waals surface area contributed by atoms with Crippen molar-refractivity contribution in [2.45, 2.75) is 6.36 Å². The van der Waals surface area contributed by atoms with Gasteiger partial charge in [-0.25, -0.2) is 0 Å². The molecule has 15 heavy (non-hydrogen) atoms. The smallest absolute Gasteiger partial charge is 0.406 e. The highest BCUT2D eigenvalue weighted by molar-refractivity contribution is 14.1. The van der Waals surface area contributed by atoms with Gasteiger partial charge >= 0.3 is 6.36 Å². The van der Waals surface area contributed by atoms with Crippen molar-refractivity contribution in [1.82, 2.24) is 0 Å². The van der Waals surface area contributed by atoms with Crippen molar-refractivity contribution in [1.29, 1.82) is 0 Å². The van der Waals surface area contributed by atoms with Gasteiger partial charge in [-0.2, -0.15) is 0 Å². The van der Waals surface area contributed by atoms with Gasteiger partial charge in [0.15, 0.2) is 0 Å². The molecule has 1 aromatic rings. The van der Waals surface area contributed by atoms with Gasteiger partial charge < -0.3 is 10.1 Å². The number of ether oxygens (including phenoxy) is 1. The zero-order valence-electron chi connectivity index (χ0n) is 7.14. The minimum atomic E-state index is -4.70. The molecule has 0 fully saturated rings. The fraction of sp³-hybridized carbons (Fsp3) is 0.125. The lowest BCUT2D eigenvalue weighted by Gasteiger charge is -2.09. The van der Waals surface area contributed by atoms with Crippen molar-refractivity contribution in [3.8, 4) is 5.75 Å². The molecule has 0 atom stereocenters. The maximum absolute atomic E-state index is 11.8. The molecule has 0 heterocycles. The number of hydrogen-bond acceptors (Lipinski definition) is 2. The first-order valence-electron chi connectivity index (χ1n) is 3.69. The second kappa shape index (κ2) is 4.69. The average molecular weight is 331 g/mol. The van der Waals surface area contributed by atoms with E-state index in [9.17, 15) is 18.0 Å². The molecule has 0 aliphatic heterocycles. The third-order valence-electron chi connectivity index (χ3n) is 1.33. The third-order valence-corrected chi connectivity index (χ3v) is 1.60. The highest BCUT2D eigenvalue weighted by atomic mass is 127. The molecular weight excluding hydrogens is 326 g/mol. The Balaban J connectivity index is 2.68. The van der Waals surface area contributed by atoms with Crippen LogP contribution in [0.4, 0.5) is 23.7 Å². The maximum Gasteiger partial charge on any atom is 0.573 e. The summed E-state index contributed by atoms with van der Waals surface area (Å²) in [5.74, 6) is -0.325. The van der Waals surface area contributed by atoms with Crippen molar-refractivity contribution in [2.24, 2.45) is 0 Å². The molecule has 82 valence electrons. The summed E-state index contributed by atoms with van der Waals surface area (Å²) in [6.07, 6.45) is -4.70. The van der Waals surface area contributed by atoms with Crippen LogP contribution in [0.2, 0.25) is 0 Å². The van der Waals surface area contributed by atoms with Crippen LogP contribution in [-0.4, -0.2) is 10.3 Å². The van der Waals surface area contributed by atoms with Gasteiger partial charge in [-0.1, -0.05) is 0 Å². The fourth-order valence-corrected chi connectivity index (χ4v) is 1.16. The lowest BCUT2D eigenvalue weighted by Crippen LogP contribution is -2.17. The molecule has 0 bridgehead atoms. The van der Waals surface area contributed by atoms with E-state index >= 15 is 0 Å². The Hall–Kier alpha value is -0.990. The van der Waals surface area contributed by atoms with E-state index in [1.165, 1.54) is 34.7 Å². The first-order chi connectivity index (χ1) is 6.87. The molecule has 0 aliphatic rings. The third kappa shape index (κ3) is 4.86. The fourth-order valence-electron chi connectivity index (χ4n) is 0.853. The minimum Gasteiger partial charge on any atom is -0.406 e. The largest absolute Gasteiger partial charge is 0.573 e. The summed E-state index contributed by atoms with van der Waals surface area (Å²) in [5.41, 5.74) is 0.406. The molecule has 1 rings (SSSR count). The van der Waals surface area contributed by atoms with Crippen LogP contribution in [0, 0.1) is 0 Å². The number of hydrogen-bond donors (Lipinski definition) is 1. The normalized spacial score (nSPS) is 10.9. The summed E-state index contributed by atoms with van der Waals surface area (Å²) in [4.78, 5) is 10.6. The number of carbonyl (C=O) groups excluding carboxylic acids is 1. The number of halogens is 4. The lowest BCUT2D eigenvalue weighted by atomic mass is 10.3. The number of rotatable bonds is 2. The lowest BCUT2D eigenvalue weighted by molar-refractivity contribution is -0.274. The van der Waals surface area contributed by atoms with Gasteiger partial charge in [-0.3, -0.25) is 4.79 Å². The Morgan fingerprint density at radius 1 is 1.27 bits per heavy atom. The molecule has 1 N–H and O–H groups in total. The van der Waals surface area contributed by atoms with Crippen molar-refractivity contribution >= 4 is 32.2 Å². The number of carbonyl (C=O) groups is 1. The molecule has 3 nitrogen and oxygen atoms in total. The van der Waals surface area contributed by atoms with E-state index in [0.717, 1.165) is 12.1 Å². The molecule has 0 spiro atoms. The van der Waals surface area contributed by atoms with Gasteiger partial charge in [-0.15, -0.1) is 13.2 Å². The number of anilines is 1. The predicted octanol–water partition coefficient (Wildman–Crippen LogP) is 3.55. The standard InChI is InChI=1S/C8H5F3INO2/c9-8(10,11)15-6-3-1-5(2-4-6)13-7(12)14/h1-4H,(H,13,14). The average Bonchev–Trinajstić information content (AvgIpc) is 2.05. The Kier molecular flexibility index (Phi) is 3.77. The van der Waals surface area contributed by atoms with E-state index < -0.39 is 6.36 Å². The second-order valence-corrected chi connectivity index (χ2v) is 3.45. The van der Waals surface area contributed by atoms with Crippen LogP contribution < -0.4 is 10.1 Å². The quantitative estimate of drug-likeness (QED) is 0.511. The number of nitrogens with one attached hydrogen (secondary N) is 1. The van der Waals surface area contributed by atoms with E-state index in [1.807, 2.05) is 0 Å². The predicted molar refractivity (Wildman–Crippen MR) is 56.2 cm³/mol. The number of alkyl halides is 3. The first-order valence-corrected chi connectivity index (χ1v) is 4.77. The van der Waals surface area contributed by atoms with E-state index in [2.05, 4.69) is 10.1 Å². The summed E-state index contributed by atoms with van der Waals surface area (Å²) < 4.78 is 38.6. The molecule has 0 aliphatic carbocycles. The van der Waals surface area contributed by atoms with Crippen molar-refractivity contribution in [3.63, 3.8) is 0 Å². The molecule has 0 saturated heterocycles. The SMILES string of the molecule is O=C(I)Nc1ccc(OC(F)(F)F)cc1. The molecule has 0 unspecified atom stereocenters.